The first-order valence-corrected chi connectivity index (χ1v) is 7.50. The van der Waals surface area contributed by atoms with E-state index in [0.717, 1.165) is 57.9 Å². The quantitative estimate of drug-likeness (QED) is 0.910. The summed E-state index contributed by atoms with van der Waals surface area (Å²) in [6, 6.07) is 8.30. The lowest BCUT2D eigenvalue weighted by Gasteiger charge is -2.45. The first-order chi connectivity index (χ1) is 9.81. The lowest BCUT2D eigenvalue weighted by Crippen LogP contribution is -2.55. The van der Waals surface area contributed by atoms with E-state index in [1.807, 2.05) is 12.1 Å². The number of morpholine rings is 1. The van der Waals surface area contributed by atoms with Gasteiger partial charge in [-0.1, -0.05) is 18.2 Å². The lowest BCUT2D eigenvalue weighted by molar-refractivity contribution is -0.125. The molecule has 2 aliphatic heterocycles. The predicted octanol–water partition coefficient (Wildman–Crippen LogP) is 1.65. The van der Waals surface area contributed by atoms with Crippen LogP contribution in [0.1, 0.15) is 18.4 Å². The van der Waals surface area contributed by atoms with E-state index in [1.165, 1.54) is 5.56 Å². The second kappa shape index (κ2) is 6.12. The minimum absolute atomic E-state index is 0.0749. The van der Waals surface area contributed by atoms with E-state index in [1.54, 1.807) is 7.11 Å². The van der Waals surface area contributed by atoms with Crippen LogP contribution >= 0.6 is 0 Å². The van der Waals surface area contributed by atoms with Crippen molar-refractivity contribution in [2.45, 2.75) is 25.0 Å². The predicted molar refractivity (Wildman–Crippen MR) is 79.1 cm³/mol. The van der Waals surface area contributed by atoms with Gasteiger partial charge in [0.1, 0.15) is 5.75 Å². The third-order valence-corrected chi connectivity index (χ3v) is 4.43. The standard InChI is InChI=1S/C16H24N2O2/c1-19-15-5-3-2-4-14(15)12-18-10-11-20-16(13-18)6-8-17-9-7-16/h2-5,17H,6-13H2,1H3. The summed E-state index contributed by atoms with van der Waals surface area (Å²) < 4.78 is 11.6. The van der Waals surface area contributed by atoms with Crippen LogP contribution in [0.5, 0.6) is 5.75 Å². The van der Waals surface area contributed by atoms with Gasteiger partial charge in [-0.3, -0.25) is 4.90 Å². The maximum atomic E-state index is 6.12. The van der Waals surface area contributed by atoms with Crippen molar-refractivity contribution >= 4 is 0 Å². The number of methoxy groups -OCH3 is 1. The molecule has 0 unspecified atom stereocenters. The van der Waals surface area contributed by atoms with Crippen LogP contribution in [-0.4, -0.2) is 50.4 Å². The number of hydrogen-bond donors (Lipinski definition) is 1. The van der Waals surface area contributed by atoms with Crippen molar-refractivity contribution < 1.29 is 9.47 Å². The van der Waals surface area contributed by atoms with E-state index in [0.29, 0.717) is 0 Å². The van der Waals surface area contributed by atoms with Crippen LogP contribution in [-0.2, 0) is 11.3 Å². The summed E-state index contributed by atoms with van der Waals surface area (Å²) in [6.07, 6.45) is 2.24. The molecule has 2 fully saturated rings. The first-order valence-electron chi connectivity index (χ1n) is 7.50. The summed E-state index contributed by atoms with van der Waals surface area (Å²) in [5, 5.41) is 3.42. The Bertz CT molecular complexity index is 438. The Hall–Kier alpha value is -1.10. The molecule has 1 N–H and O–H groups in total. The average Bonchev–Trinajstić information content (AvgIpc) is 2.49. The summed E-state index contributed by atoms with van der Waals surface area (Å²) in [4.78, 5) is 2.51. The third kappa shape index (κ3) is 2.97. The van der Waals surface area contributed by atoms with E-state index in [-0.39, 0.29) is 5.60 Å². The molecular formula is C16H24N2O2. The molecule has 2 heterocycles. The number of para-hydroxylation sites is 1. The fourth-order valence-electron chi connectivity index (χ4n) is 3.32. The molecule has 0 atom stereocenters. The van der Waals surface area contributed by atoms with E-state index in [4.69, 9.17) is 9.47 Å². The van der Waals surface area contributed by atoms with E-state index in [9.17, 15) is 0 Å². The zero-order valence-electron chi connectivity index (χ0n) is 12.2. The molecular weight excluding hydrogens is 252 g/mol. The Balaban J connectivity index is 1.68. The molecule has 0 radical (unpaired) electrons. The Labute approximate surface area is 121 Å². The molecule has 2 aliphatic rings. The largest absolute Gasteiger partial charge is 0.496 e. The fourth-order valence-corrected chi connectivity index (χ4v) is 3.32. The summed E-state index contributed by atoms with van der Waals surface area (Å²) >= 11 is 0. The van der Waals surface area contributed by atoms with Crippen LogP contribution in [0.25, 0.3) is 0 Å². The van der Waals surface area contributed by atoms with Crippen molar-refractivity contribution in [2.24, 2.45) is 0 Å². The van der Waals surface area contributed by atoms with Crippen LogP contribution in [0, 0.1) is 0 Å². The zero-order valence-corrected chi connectivity index (χ0v) is 12.2. The molecule has 2 saturated heterocycles. The van der Waals surface area contributed by atoms with Gasteiger partial charge < -0.3 is 14.8 Å². The number of rotatable bonds is 3. The summed E-state index contributed by atoms with van der Waals surface area (Å²) in [5.74, 6) is 0.985. The molecule has 1 aromatic rings. The number of nitrogens with zero attached hydrogens (tertiary/aromatic N) is 1. The SMILES string of the molecule is COc1ccccc1CN1CCOC2(CCNCC2)C1. The number of piperidine rings is 1. The number of hydrogen-bond acceptors (Lipinski definition) is 4. The second-order valence-corrected chi connectivity index (χ2v) is 5.80. The maximum Gasteiger partial charge on any atom is 0.123 e. The lowest BCUT2D eigenvalue weighted by atomic mass is 9.90. The van der Waals surface area contributed by atoms with Crippen LogP contribution in [0.4, 0.5) is 0 Å². The van der Waals surface area contributed by atoms with Gasteiger partial charge in [0.25, 0.3) is 0 Å². The molecule has 20 heavy (non-hydrogen) atoms. The molecule has 0 saturated carbocycles. The van der Waals surface area contributed by atoms with Gasteiger partial charge in [-0.05, 0) is 32.0 Å². The highest BCUT2D eigenvalue weighted by molar-refractivity contribution is 5.33. The molecule has 4 nitrogen and oxygen atoms in total. The normalized spacial score (nSPS) is 22.9. The van der Waals surface area contributed by atoms with E-state index >= 15 is 0 Å². The topological polar surface area (TPSA) is 33.7 Å². The van der Waals surface area contributed by atoms with E-state index in [2.05, 4.69) is 22.3 Å². The minimum Gasteiger partial charge on any atom is -0.496 e. The Kier molecular flexibility index (Phi) is 4.24. The molecule has 110 valence electrons. The highest BCUT2D eigenvalue weighted by atomic mass is 16.5. The van der Waals surface area contributed by atoms with Crippen LogP contribution in [0.3, 0.4) is 0 Å². The monoisotopic (exact) mass is 276 g/mol. The van der Waals surface area contributed by atoms with Crippen molar-refractivity contribution in [3.8, 4) is 5.75 Å². The van der Waals surface area contributed by atoms with Crippen molar-refractivity contribution in [1.29, 1.82) is 0 Å². The maximum absolute atomic E-state index is 6.12. The molecule has 1 spiro atoms. The number of benzene rings is 1. The third-order valence-electron chi connectivity index (χ3n) is 4.43. The molecule has 0 amide bonds. The van der Waals surface area contributed by atoms with Gasteiger partial charge in [-0.25, -0.2) is 0 Å². The van der Waals surface area contributed by atoms with Crippen LogP contribution < -0.4 is 10.1 Å². The second-order valence-electron chi connectivity index (χ2n) is 5.80. The van der Waals surface area contributed by atoms with Gasteiger partial charge >= 0.3 is 0 Å². The number of nitrogens with one attached hydrogen (secondary N) is 1. The zero-order chi connectivity index (χ0) is 13.8. The van der Waals surface area contributed by atoms with Gasteiger partial charge in [-0.15, -0.1) is 0 Å². The first kappa shape index (κ1) is 13.9. The van der Waals surface area contributed by atoms with Crippen LogP contribution in [0.2, 0.25) is 0 Å². The van der Waals surface area contributed by atoms with Gasteiger partial charge in [0.05, 0.1) is 19.3 Å². The fraction of sp³-hybridized carbons (Fsp3) is 0.625. The number of ether oxygens (including phenoxy) is 2. The van der Waals surface area contributed by atoms with Gasteiger partial charge in [0.2, 0.25) is 0 Å². The minimum atomic E-state index is 0.0749. The average molecular weight is 276 g/mol. The van der Waals surface area contributed by atoms with Crippen molar-refractivity contribution in [1.82, 2.24) is 10.2 Å². The van der Waals surface area contributed by atoms with Gasteiger partial charge in [0.15, 0.2) is 0 Å². The van der Waals surface area contributed by atoms with Crippen molar-refractivity contribution in [3.63, 3.8) is 0 Å². The molecule has 0 bridgehead atoms. The van der Waals surface area contributed by atoms with E-state index < -0.39 is 0 Å². The van der Waals surface area contributed by atoms with Gasteiger partial charge in [0, 0.05) is 25.2 Å². The Morgan fingerprint density at radius 1 is 1.30 bits per heavy atom. The Morgan fingerprint density at radius 2 is 2.10 bits per heavy atom. The molecule has 4 heteroatoms. The molecule has 3 rings (SSSR count). The smallest absolute Gasteiger partial charge is 0.123 e. The van der Waals surface area contributed by atoms with Gasteiger partial charge in [-0.2, -0.15) is 0 Å². The Morgan fingerprint density at radius 3 is 2.90 bits per heavy atom. The van der Waals surface area contributed by atoms with Crippen molar-refractivity contribution in [2.75, 3.05) is 39.9 Å². The highest BCUT2D eigenvalue weighted by Crippen LogP contribution is 2.29. The molecule has 0 aliphatic carbocycles. The van der Waals surface area contributed by atoms with Crippen molar-refractivity contribution in [3.05, 3.63) is 29.8 Å². The molecule has 0 aromatic heterocycles. The molecule has 1 aromatic carbocycles. The summed E-state index contributed by atoms with van der Waals surface area (Å²) in [6.45, 7) is 5.97. The van der Waals surface area contributed by atoms with Crippen LogP contribution in [0.15, 0.2) is 24.3 Å². The highest BCUT2D eigenvalue weighted by Gasteiger charge is 2.37. The summed E-state index contributed by atoms with van der Waals surface area (Å²) in [7, 11) is 1.74. The summed E-state index contributed by atoms with van der Waals surface area (Å²) in [5.41, 5.74) is 1.34.